The maximum absolute atomic E-state index is 13.1. The molecular weight excluding hydrogens is 421 g/mol. The van der Waals surface area contributed by atoms with Crippen LogP contribution in [0, 0.1) is 5.82 Å². The Balaban J connectivity index is 1.42. The molecule has 1 aliphatic rings. The molecule has 4 rings (SSSR count). The average Bonchev–Trinajstić information content (AvgIpc) is 3.20. The number of para-hydroxylation sites is 1. The van der Waals surface area contributed by atoms with Gasteiger partial charge in [-0.15, -0.1) is 11.8 Å². The summed E-state index contributed by atoms with van der Waals surface area (Å²) in [6, 6.07) is 14.3. The Morgan fingerprint density at radius 3 is 2.70 bits per heavy atom. The molecule has 1 fully saturated rings. The number of thiazole rings is 1. The Hall–Kier alpha value is -2.00. The molecule has 0 unspecified atom stereocenters. The van der Waals surface area contributed by atoms with E-state index in [1.165, 1.54) is 12.1 Å². The van der Waals surface area contributed by atoms with Crippen LogP contribution in [0.2, 0.25) is 0 Å². The van der Waals surface area contributed by atoms with Gasteiger partial charge in [0.05, 0.1) is 23.4 Å². The van der Waals surface area contributed by atoms with Crippen molar-refractivity contribution in [1.82, 2.24) is 9.88 Å². The van der Waals surface area contributed by atoms with E-state index < -0.39 is 0 Å². The van der Waals surface area contributed by atoms with Gasteiger partial charge in [-0.05, 0) is 36.4 Å². The van der Waals surface area contributed by atoms with Gasteiger partial charge in [-0.25, -0.2) is 9.37 Å². The lowest BCUT2D eigenvalue weighted by molar-refractivity contribution is -0.118. The summed E-state index contributed by atoms with van der Waals surface area (Å²) in [6.07, 6.45) is 0.404. The number of ether oxygens (including phenoxy) is 1. The number of hydrogen-bond acceptors (Lipinski definition) is 6. The van der Waals surface area contributed by atoms with Crippen LogP contribution in [0.15, 0.2) is 53.4 Å². The summed E-state index contributed by atoms with van der Waals surface area (Å²) in [5.74, 6) is 0.459. The highest BCUT2D eigenvalue weighted by atomic mass is 32.2. The highest BCUT2D eigenvalue weighted by Gasteiger charge is 2.21. The number of anilines is 1. The van der Waals surface area contributed by atoms with Gasteiger partial charge < -0.3 is 4.74 Å². The highest BCUT2D eigenvalue weighted by Crippen LogP contribution is 2.29. The standard InChI is InChI=1S/C22H24FN3O2S2/c23-17-5-7-18(8-6-17)29-16-9-21(27)26(11-10-25-12-14-28-15-13-25)22-24-19-3-1-2-4-20(19)30-22/h1-8H,9-16H2. The molecule has 0 bridgehead atoms. The molecule has 8 heteroatoms. The summed E-state index contributed by atoms with van der Waals surface area (Å²) in [5, 5.41) is 0.751. The van der Waals surface area contributed by atoms with Crippen LogP contribution in [0.4, 0.5) is 9.52 Å². The van der Waals surface area contributed by atoms with E-state index in [2.05, 4.69) is 4.90 Å². The molecule has 0 atom stereocenters. The number of carbonyl (C=O) groups is 1. The molecule has 3 aromatic rings. The van der Waals surface area contributed by atoms with E-state index in [1.807, 2.05) is 29.2 Å². The predicted molar refractivity (Wildman–Crippen MR) is 121 cm³/mol. The van der Waals surface area contributed by atoms with Gasteiger partial charge in [-0.2, -0.15) is 0 Å². The van der Waals surface area contributed by atoms with E-state index in [4.69, 9.17) is 9.72 Å². The molecule has 1 amide bonds. The number of benzene rings is 2. The first-order valence-electron chi connectivity index (χ1n) is 10.0. The van der Waals surface area contributed by atoms with E-state index in [9.17, 15) is 9.18 Å². The van der Waals surface area contributed by atoms with Crippen LogP contribution in [-0.4, -0.2) is 60.9 Å². The summed E-state index contributed by atoms with van der Waals surface area (Å²) < 4.78 is 19.6. The molecule has 2 aromatic carbocycles. The normalized spacial score (nSPS) is 14.8. The second kappa shape index (κ2) is 10.3. The minimum Gasteiger partial charge on any atom is -0.379 e. The van der Waals surface area contributed by atoms with E-state index in [1.54, 1.807) is 35.2 Å². The largest absolute Gasteiger partial charge is 0.379 e. The van der Waals surface area contributed by atoms with Crippen molar-refractivity contribution in [3.05, 3.63) is 54.3 Å². The summed E-state index contributed by atoms with van der Waals surface area (Å²) in [7, 11) is 0. The molecule has 5 nitrogen and oxygen atoms in total. The number of hydrogen-bond donors (Lipinski definition) is 0. The summed E-state index contributed by atoms with van der Waals surface area (Å²) in [6.45, 7) is 4.67. The number of halogens is 1. The van der Waals surface area contributed by atoms with Gasteiger partial charge >= 0.3 is 0 Å². The third-order valence-electron chi connectivity index (χ3n) is 4.96. The van der Waals surface area contributed by atoms with E-state index in [0.717, 1.165) is 53.1 Å². The number of fused-ring (bicyclic) bond motifs is 1. The van der Waals surface area contributed by atoms with Gasteiger partial charge in [0, 0.05) is 43.2 Å². The van der Waals surface area contributed by atoms with Gasteiger partial charge in [0.15, 0.2) is 5.13 Å². The van der Waals surface area contributed by atoms with Gasteiger partial charge in [0.25, 0.3) is 0 Å². The zero-order valence-corrected chi connectivity index (χ0v) is 18.3. The molecule has 1 aliphatic heterocycles. The first kappa shape index (κ1) is 21.2. The number of thioether (sulfide) groups is 1. The predicted octanol–water partition coefficient (Wildman–Crippen LogP) is 4.28. The van der Waals surface area contributed by atoms with Crippen LogP contribution in [-0.2, 0) is 9.53 Å². The summed E-state index contributed by atoms with van der Waals surface area (Å²) in [5.41, 5.74) is 0.919. The Bertz CT molecular complexity index is 941. The van der Waals surface area contributed by atoms with Crippen molar-refractivity contribution < 1.29 is 13.9 Å². The number of nitrogens with zero attached hydrogens (tertiary/aromatic N) is 3. The van der Waals surface area contributed by atoms with Crippen LogP contribution < -0.4 is 4.90 Å². The van der Waals surface area contributed by atoms with Crippen LogP contribution in [0.3, 0.4) is 0 Å². The first-order valence-corrected chi connectivity index (χ1v) is 11.8. The van der Waals surface area contributed by atoms with Gasteiger partial charge in [-0.1, -0.05) is 23.5 Å². The van der Waals surface area contributed by atoms with E-state index in [-0.39, 0.29) is 11.7 Å². The third kappa shape index (κ3) is 5.57. The average molecular weight is 446 g/mol. The monoisotopic (exact) mass is 445 g/mol. The number of rotatable bonds is 8. The molecule has 0 N–H and O–H groups in total. The lowest BCUT2D eigenvalue weighted by Crippen LogP contribution is -2.43. The van der Waals surface area contributed by atoms with Crippen molar-refractivity contribution in [3.8, 4) is 0 Å². The number of morpholine rings is 1. The molecule has 0 spiro atoms. The Kier molecular flexibility index (Phi) is 7.33. The fraction of sp³-hybridized carbons (Fsp3) is 0.364. The number of aromatic nitrogens is 1. The van der Waals surface area contributed by atoms with E-state index >= 15 is 0 Å². The second-order valence-electron chi connectivity index (χ2n) is 7.02. The fourth-order valence-corrected chi connectivity index (χ4v) is 5.14. The molecule has 1 aromatic heterocycles. The van der Waals surface area contributed by atoms with Crippen molar-refractivity contribution in [2.24, 2.45) is 0 Å². The fourth-order valence-electron chi connectivity index (χ4n) is 3.29. The lowest BCUT2D eigenvalue weighted by atomic mass is 10.3. The topological polar surface area (TPSA) is 45.7 Å². The molecule has 0 saturated carbocycles. The maximum atomic E-state index is 13.1. The van der Waals surface area contributed by atoms with Crippen LogP contribution in [0.1, 0.15) is 6.42 Å². The summed E-state index contributed by atoms with van der Waals surface area (Å²) in [4.78, 5) is 22.9. The zero-order chi connectivity index (χ0) is 20.8. The second-order valence-corrected chi connectivity index (χ2v) is 9.19. The van der Waals surface area contributed by atoms with Crippen molar-refractivity contribution >= 4 is 44.4 Å². The summed E-state index contributed by atoms with van der Waals surface area (Å²) >= 11 is 3.12. The molecule has 0 radical (unpaired) electrons. The van der Waals surface area contributed by atoms with E-state index in [0.29, 0.717) is 18.7 Å². The minimum atomic E-state index is -0.249. The van der Waals surface area contributed by atoms with Crippen LogP contribution in [0.5, 0.6) is 0 Å². The van der Waals surface area contributed by atoms with Gasteiger partial charge in [-0.3, -0.25) is 14.6 Å². The van der Waals surface area contributed by atoms with Crippen molar-refractivity contribution in [3.63, 3.8) is 0 Å². The SMILES string of the molecule is O=C(CCSc1ccc(F)cc1)N(CCN1CCOCC1)c1nc2ccccc2s1. The third-order valence-corrected chi connectivity index (χ3v) is 7.03. The first-order chi connectivity index (χ1) is 14.7. The number of amides is 1. The molecular formula is C22H24FN3O2S2. The molecule has 1 saturated heterocycles. The van der Waals surface area contributed by atoms with Gasteiger partial charge in [0.1, 0.15) is 5.82 Å². The van der Waals surface area contributed by atoms with Crippen molar-refractivity contribution in [2.45, 2.75) is 11.3 Å². The smallest absolute Gasteiger partial charge is 0.229 e. The molecule has 2 heterocycles. The Morgan fingerprint density at radius 2 is 1.93 bits per heavy atom. The Labute approximate surface area is 183 Å². The van der Waals surface area contributed by atoms with Crippen molar-refractivity contribution in [2.75, 3.05) is 50.0 Å². The van der Waals surface area contributed by atoms with Gasteiger partial charge in [0.2, 0.25) is 5.91 Å². The Morgan fingerprint density at radius 1 is 1.17 bits per heavy atom. The molecule has 0 aliphatic carbocycles. The van der Waals surface area contributed by atoms with Crippen LogP contribution >= 0.6 is 23.1 Å². The zero-order valence-electron chi connectivity index (χ0n) is 16.6. The number of carbonyl (C=O) groups excluding carboxylic acids is 1. The quantitative estimate of drug-likeness (QED) is 0.484. The van der Waals surface area contributed by atoms with Crippen molar-refractivity contribution in [1.29, 1.82) is 0 Å². The molecule has 30 heavy (non-hydrogen) atoms. The lowest BCUT2D eigenvalue weighted by Gasteiger charge is -2.29. The molecule has 158 valence electrons. The minimum absolute atomic E-state index is 0.0666. The van der Waals surface area contributed by atoms with Crippen LogP contribution in [0.25, 0.3) is 10.2 Å². The maximum Gasteiger partial charge on any atom is 0.229 e. The highest BCUT2D eigenvalue weighted by molar-refractivity contribution is 7.99.